The molecule has 0 aliphatic carbocycles. The molecule has 68 valence electrons. The summed E-state index contributed by atoms with van der Waals surface area (Å²) in [6, 6.07) is 3.99. The molecule has 2 N–H and O–H groups in total. The van der Waals surface area contributed by atoms with E-state index in [0.717, 1.165) is 4.88 Å². The summed E-state index contributed by atoms with van der Waals surface area (Å²) in [5.74, 6) is 1.10. The molecule has 2 heterocycles. The fraction of sp³-hybridized carbons (Fsp3) is 0.250. The first-order chi connectivity index (χ1) is 6.29. The summed E-state index contributed by atoms with van der Waals surface area (Å²) < 4.78 is 5.02. The molecule has 0 radical (unpaired) electrons. The second-order valence-corrected chi connectivity index (χ2v) is 3.92. The van der Waals surface area contributed by atoms with Crippen molar-refractivity contribution in [2.45, 2.75) is 13.5 Å². The van der Waals surface area contributed by atoms with Crippen LogP contribution in [0.4, 0.5) is 0 Å². The summed E-state index contributed by atoms with van der Waals surface area (Å²) in [5.41, 5.74) is 5.36. The minimum absolute atomic E-state index is 0.313. The molecule has 0 saturated heterocycles. The van der Waals surface area contributed by atoms with Crippen molar-refractivity contribution < 1.29 is 4.52 Å². The topological polar surface area (TPSA) is 64.9 Å². The molecular formula is C8H9N3OS. The maximum absolute atomic E-state index is 5.36. The maximum Gasteiger partial charge on any atom is 0.268 e. The zero-order valence-electron chi connectivity index (χ0n) is 7.15. The van der Waals surface area contributed by atoms with Gasteiger partial charge in [-0.15, -0.1) is 11.3 Å². The highest BCUT2D eigenvalue weighted by Gasteiger charge is 2.08. The lowest BCUT2D eigenvalue weighted by atomic mass is 10.4. The molecule has 0 aliphatic heterocycles. The highest BCUT2D eigenvalue weighted by atomic mass is 32.1. The molecule has 13 heavy (non-hydrogen) atoms. The van der Waals surface area contributed by atoms with Gasteiger partial charge >= 0.3 is 0 Å². The Bertz CT molecular complexity index is 407. The largest absolute Gasteiger partial charge is 0.333 e. The molecule has 2 rings (SSSR count). The average Bonchev–Trinajstić information content (AvgIpc) is 2.71. The number of aromatic nitrogens is 2. The van der Waals surface area contributed by atoms with Gasteiger partial charge in [0.05, 0.1) is 11.4 Å². The normalized spacial score (nSPS) is 10.6. The first-order valence-electron chi connectivity index (χ1n) is 3.89. The number of nitrogens with two attached hydrogens (primary N) is 1. The quantitative estimate of drug-likeness (QED) is 0.789. The van der Waals surface area contributed by atoms with Crippen LogP contribution in [-0.4, -0.2) is 10.1 Å². The van der Waals surface area contributed by atoms with Crippen LogP contribution in [0, 0.1) is 6.92 Å². The van der Waals surface area contributed by atoms with E-state index >= 15 is 0 Å². The second kappa shape index (κ2) is 3.27. The van der Waals surface area contributed by atoms with Gasteiger partial charge in [-0.1, -0.05) is 5.16 Å². The third-order valence-electron chi connectivity index (χ3n) is 1.60. The van der Waals surface area contributed by atoms with Crippen molar-refractivity contribution in [3.8, 4) is 10.8 Å². The van der Waals surface area contributed by atoms with Crippen LogP contribution in [-0.2, 0) is 6.54 Å². The number of thiophene rings is 1. The molecule has 2 aromatic rings. The van der Waals surface area contributed by atoms with E-state index in [1.807, 2.05) is 19.1 Å². The minimum atomic E-state index is 0.313. The van der Waals surface area contributed by atoms with E-state index < -0.39 is 0 Å². The van der Waals surface area contributed by atoms with Crippen LogP contribution in [0.2, 0.25) is 0 Å². The molecule has 2 aromatic heterocycles. The summed E-state index contributed by atoms with van der Waals surface area (Å²) in [6.07, 6.45) is 0. The lowest BCUT2D eigenvalue weighted by Gasteiger charge is -1.82. The zero-order valence-corrected chi connectivity index (χ0v) is 7.97. The fourth-order valence-corrected chi connectivity index (χ4v) is 1.78. The van der Waals surface area contributed by atoms with Crippen molar-refractivity contribution in [1.29, 1.82) is 0 Å². The van der Waals surface area contributed by atoms with Gasteiger partial charge in [0.15, 0.2) is 5.82 Å². The Labute approximate surface area is 79.4 Å². The van der Waals surface area contributed by atoms with Crippen molar-refractivity contribution in [3.05, 3.63) is 22.8 Å². The number of hydrogen-bond donors (Lipinski definition) is 1. The van der Waals surface area contributed by atoms with Gasteiger partial charge in [-0.3, -0.25) is 0 Å². The Morgan fingerprint density at radius 1 is 1.54 bits per heavy atom. The number of nitrogens with zero attached hydrogens (tertiary/aromatic N) is 2. The van der Waals surface area contributed by atoms with Gasteiger partial charge in [0.25, 0.3) is 5.89 Å². The van der Waals surface area contributed by atoms with Gasteiger partial charge in [0.2, 0.25) is 0 Å². The van der Waals surface area contributed by atoms with Gasteiger partial charge < -0.3 is 10.3 Å². The molecule has 0 atom stereocenters. The molecule has 0 saturated carbocycles. The number of hydrogen-bond acceptors (Lipinski definition) is 5. The van der Waals surface area contributed by atoms with Gasteiger partial charge in [0, 0.05) is 4.88 Å². The summed E-state index contributed by atoms with van der Waals surface area (Å²) in [4.78, 5) is 6.33. The average molecular weight is 195 g/mol. The lowest BCUT2D eigenvalue weighted by molar-refractivity contribution is 0.423. The van der Waals surface area contributed by atoms with Gasteiger partial charge in [-0.05, 0) is 19.1 Å². The number of aryl methyl sites for hydroxylation is 1. The second-order valence-electron chi connectivity index (χ2n) is 2.63. The van der Waals surface area contributed by atoms with Gasteiger partial charge in [0.1, 0.15) is 0 Å². The van der Waals surface area contributed by atoms with Gasteiger partial charge in [-0.2, -0.15) is 4.98 Å². The summed E-state index contributed by atoms with van der Waals surface area (Å²) in [6.45, 7) is 2.35. The third kappa shape index (κ3) is 1.61. The molecule has 0 aliphatic rings. The van der Waals surface area contributed by atoms with Crippen LogP contribution < -0.4 is 5.73 Å². The SMILES string of the molecule is Cc1ccc(-c2nc(CN)no2)s1. The monoisotopic (exact) mass is 195 g/mol. The molecule has 0 fully saturated rings. The molecule has 4 nitrogen and oxygen atoms in total. The molecule has 0 spiro atoms. The molecule has 0 amide bonds. The standard InChI is InChI=1S/C8H9N3OS/c1-5-2-3-6(13-5)8-10-7(4-9)11-12-8/h2-3H,4,9H2,1H3. The number of rotatable bonds is 2. The molecule has 0 bridgehead atoms. The maximum atomic E-state index is 5.36. The van der Waals surface area contributed by atoms with Crippen LogP contribution >= 0.6 is 11.3 Å². The Balaban J connectivity index is 2.35. The highest BCUT2D eigenvalue weighted by Crippen LogP contribution is 2.25. The van der Waals surface area contributed by atoms with E-state index in [1.165, 1.54) is 4.88 Å². The Morgan fingerprint density at radius 2 is 2.38 bits per heavy atom. The first-order valence-corrected chi connectivity index (χ1v) is 4.70. The summed E-state index contributed by atoms with van der Waals surface area (Å²) in [5, 5.41) is 3.72. The van der Waals surface area contributed by atoms with Crippen molar-refractivity contribution >= 4 is 11.3 Å². The van der Waals surface area contributed by atoms with Crippen molar-refractivity contribution in [3.63, 3.8) is 0 Å². The van der Waals surface area contributed by atoms with E-state index in [4.69, 9.17) is 10.3 Å². The first kappa shape index (κ1) is 8.40. The van der Waals surface area contributed by atoms with Crippen molar-refractivity contribution in [2.24, 2.45) is 5.73 Å². The molecule has 5 heteroatoms. The van der Waals surface area contributed by atoms with Gasteiger partial charge in [-0.25, -0.2) is 0 Å². The third-order valence-corrected chi connectivity index (χ3v) is 2.59. The molecular weight excluding hydrogens is 186 g/mol. The van der Waals surface area contributed by atoms with Crippen LogP contribution in [0.5, 0.6) is 0 Å². The van der Waals surface area contributed by atoms with E-state index in [0.29, 0.717) is 18.3 Å². The van der Waals surface area contributed by atoms with E-state index in [2.05, 4.69) is 10.1 Å². The van der Waals surface area contributed by atoms with Crippen molar-refractivity contribution in [2.75, 3.05) is 0 Å². The van der Waals surface area contributed by atoms with E-state index in [1.54, 1.807) is 11.3 Å². The smallest absolute Gasteiger partial charge is 0.268 e. The summed E-state index contributed by atoms with van der Waals surface area (Å²) >= 11 is 1.63. The zero-order chi connectivity index (χ0) is 9.26. The van der Waals surface area contributed by atoms with Crippen molar-refractivity contribution in [1.82, 2.24) is 10.1 Å². The fourth-order valence-electron chi connectivity index (χ4n) is 0.986. The van der Waals surface area contributed by atoms with E-state index in [-0.39, 0.29) is 0 Å². The Kier molecular flexibility index (Phi) is 2.12. The Hall–Kier alpha value is -1.20. The highest BCUT2D eigenvalue weighted by molar-refractivity contribution is 7.15. The predicted molar refractivity (Wildman–Crippen MR) is 50.2 cm³/mol. The minimum Gasteiger partial charge on any atom is -0.333 e. The summed E-state index contributed by atoms with van der Waals surface area (Å²) in [7, 11) is 0. The van der Waals surface area contributed by atoms with Crippen LogP contribution in [0.3, 0.4) is 0 Å². The molecule has 0 aromatic carbocycles. The lowest BCUT2D eigenvalue weighted by Crippen LogP contribution is -1.97. The van der Waals surface area contributed by atoms with Crippen LogP contribution in [0.25, 0.3) is 10.8 Å². The van der Waals surface area contributed by atoms with Crippen LogP contribution in [0.1, 0.15) is 10.7 Å². The van der Waals surface area contributed by atoms with Crippen LogP contribution in [0.15, 0.2) is 16.7 Å². The molecule has 0 unspecified atom stereocenters. The Morgan fingerprint density at radius 3 is 2.92 bits per heavy atom. The van der Waals surface area contributed by atoms with E-state index in [9.17, 15) is 0 Å². The predicted octanol–water partition coefficient (Wildman–Crippen LogP) is 1.57.